The molecule has 0 bridgehead atoms. The van der Waals surface area contributed by atoms with Crippen LogP contribution in [0.2, 0.25) is 0 Å². The summed E-state index contributed by atoms with van der Waals surface area (Å²) < 4.78 is 5.78. The van der Waals surface area contributed by atoms with Gasteiger partial charge in [-0.2, -0.15) is 0 Å². The van der Waals surface area contributed by atoms with Gasteiger partial charge in [-0.05, 0) is 48.4 Å². The van der Waals surface area contributed by atoms with Crippen LogP contribution >= 0.6 is 0 Å². The van der Waals surface area contributed by atoms with Gasteiger partial charge in [-0.3, -0.25) is 9.78 Å². The van der Waals surface area contributed by atoms with E-state index in [0.717, 1.165) is 11.1 Å². The van der Waals surface area contributed by atoms with Crippen molar-refractivity contribution < 1.29 is 9.53 Å². The topological polar surface area (TPSA) is 51.2 Å². The lowest BCUT2D eigenvalue weighted by Crippen LogP contribution is -2.26. The number of pyridine rings is 1. The number of aromatic nitrogens is 1. The van der Waals surface area contributed by atoms with Crippen LogP contribution in [-0.4, -0.2) is 10.9 Å². The molecule has 0 spiro atoms. The molecule has 1 heterocycles. The third kappa shape index (κ3) is 4.67. The van der Waals surface area contributed by atoms with Crippen molar-refractivity contribution >= 4 is 5.91 Å². The quantitative estimate of drug-likeness (QED) is 0.738. The fourth-order valence-corrected chi connectivity index (χ4v) is 2.48. The van der Waals surface area contributed by atoms with Gasteiger partial charge in [0.1, 0.15) is 12.4 Å². The SMILES string of the molecule is C[C@H](NC(=O)c1cccc(OCc2ccccc2)c1)c1ccncc1. The van der Waals surface area contributed by atoms with E-state index in [0.29, 0.717) is 17.9 Å². The van der Waals surface area contributed by atoms with Crippen LogP contribution in [0.25, 0.3) is 0 Å². The lowest BCUT2D eigenvalue weighted by atomic mass is 10.1. The van der Waals surface area contributed by atoms with Crippen molar-refractivity contribution in [2.24, 2.45) is 0 Å². The van der Waals surface area contributed by atoms with E-state index in [1.54, 1.807) is 24.5 Å². The van der Waals surface area contributed by atoms with Gasteiger partial charge in [0.15, 0.2) is 0 Å². The van der Waals surface area contributed by atoms with Crippen LogP contribution in [0.4, 0.5) is 0 Å². The summed E-state index contributed by atoms with van der Waals surface area (Å²) >= 11 is 0. The zero-order valence-electron chi connectivity index (χ0n) is 14.1. The predicted octanol–water partition coefficient (Wildman–Crippen LogP) is 4.15. The summed E-state index contributed by atoms with van der Waals surface area (Å²) in [5.41, 5.74) is 2.68. The van der Waals surface area contributed by atoms with Crippen molar-refractivity contribution in [3.8, 4) is 5.75 Å². The molecule has 0 unspecified atom stereocenters. The first-order valence-electron chi connectivity index (χ1n) is 8.20. The van der Waals surface area contributed by atoms with Crippen LogP contribution in [0.5, 0.6) is 5.75 Å². The lowest BCUT2D eigenvalue weighted by molar-refractivity contribution is 0.0939. The molecule has 0 saturated heterocycles. The Morgan fingerprint density at radius 3 is 2.56 bits per heavy atom. The molecule has 1 aromatic heterocycles. The fourth-order valence-electron chi connectivity index (χ4n) is 2.48. The van der Waals surface area contributed by atoms with Gasteiger partial charge in [-0.15, -0.1) is 0 Å². The Morgan fingerprint density at radius 1 is 1.04 bits per heavy atom. The van der Waals surface area contributed by atoms with E-state index in [2.05, 4.69) is 10.3 Å². The number of carbonyl (C=O) groups excluding carboxylic acids is 1. The van der Waals surface area contributed by atoms with Gasteiger partial charge in [-0.1, -0.05) is 36.4 Å². The molecule has 0 aliphatic carbocycles. The molecular weight excluding hydrogens is 312 g/mol. The number of hydrogen-bond acceptors (Lipinski definition) is 3. The second-order valence-corrected chi connectivity index (χ2v) is 5.78. The molecule has 3 aromatic rings. The first-order chi connectivity index (χ1) is 12.2. The summed E-state index contributed by atoms with van der Waals surface area (Å²) in [5.74, 6) is 0.544. The minimum absolute atomic E-state index is 0.0932. The average Bonchev–Trinajstić information content (AvgIpc) is 2.68. The molecule has 0 aliphatic rings. The van der Waals surface area contributed by atoms with Gasteiger partial charge in [0.05, 0.1) is 6.04 Å². The third-order valence-corrected chi connectivity index (χ3v) is 3.90. The molecule has 126 valence electrons. The van der Waals surface area contributed by atoms with E-state index in [1.165, 1.54) is 0 Å². The Labute approximate surface area is 147 Å². The van der Waals surface area contributed by atoms with E-state index in [4.69, 9.17) is 4.74 Å². The maximum atomic E-state index is 12.5. The fraction of sp³-hybridized carbons (Fsp3) is 0.143. The lowest BCUT2D eigenvalue weighted by Gasteiger charge is -2.14. The zero-order chi connectivity index (χ0) is 17.5. The zero-order valence-corrected chi connectivity index (χ0v) is 14.1. The van der Waals surface area contributed by atoms with E-state index in [-0.39, 0.29) is 11.9 Å². The van der Waals surface area contributed by atoms with Gasteiger partial charge >= 0.3 is 0 Å². The molecule has 1 atom stereocenters. The summed E-state index contributed by atoms with van der Waals surface area (Å²) in [5, 5.41) is 2.99. The Morgan fingerprint density at radius 2 is 1.80 bits per heavy atom. The highest BCUT2D eigenvalue weighted by atomic mass is 16.5. The van der Waals surface area contributed by atoms with Gasteiger partial charge in [0.25, 0.3) is 5.91 Å². The number of nitrogens with zero attached hydrogens (tertiary/aromatic N) is 1. The van der Waals surface area contributed by atoms with Crippen LogP contribution in [0, 0.1) is 0 Å². The van der Waals surface area contributed by atoms with Gasteiger partial charge < -0.3 is 10.1 Å². The van der Waals surface area contributed by atoms with E-state index < -0.39 is 0 Å². The van der Waals surface area contributed by atoms with E-state index >= 15 is 0 Å². The van der Waals surface area contributed by atoms with Crippen molar-refractivity contribution in [1.29, 1.82) is 0 Å². The molecule has 0 aliphatic heterocycles. The molecule has 0 saturated carbocycles. The predicted molar refractivity (Wildman–Crippen MR) is 97.3 cm³/mol. The van der Waals surface area contributed by atoms with E-state index in [9.17, 15) is 4.79 Å². The summed E-state index contributed by atoms with van der Waals surface area (Å²) in [4.78, 5) is 16.5. The first kappa shape index (κ1) is 16.7. The number of ether oxygens (including phenoxy) is 1. The highest BCUT2D eigenvalue weighted by Gasteiger charge is 2.12. The molecule has 1 amide bonds. The number of hydrogen-bond donors (Lipinski definition) is 1. The second kappa shape index (κ2) is 8.11. The summed E-state index contributed by atoms with van der Waals surface area (Å²) in [6.45, 7) is 2.42. The molecule has 2 aromatic carbocycles. The molecular formula is C21H20N2O2. The Balaban J connectivity index is 1.63. The highest BCUT2D eigenvalue weighted by molar-refractivity contribution is 5.94. The van der Waals surface area contributed by atoms with E-state index in [1.807, 2.05) is 61.5 Å². The third-order valence-electron chi connectivity index (χ3n) is 3.90. The Hall–Kier alpha value is -3.14. The first-order valence-corrected chi connectivity index (χ1v) is 8.20. The minimum Gasteiger partial charge on any atom is -0.489 e. The van der Waals surface area contributed by atoms with Crippen LogP contribution < -0.4 is 10.1 Å². The maximum absolute atomic E-state index is 12.5. The number of rotatable bonds is 6. The molecule has 1 N–H and O–H groups in total. The van der Waals surface area contributed by atoms with Gasteiger partial charge in [0.2, 0.25) is 0 Å². The van der Waals surface area contributed by atoms with Crippen LogP contribution in [0.1, 0.15) is 34.5 Å². The van der Waals surface area contributed by atoms with Crippen LogP contribution in [-0.2, 0) is 6.61 Å². The standard InChI is InChI=1S/C21H20N2O2/c1-16(18-10-12-22-13-11-18)23-21(24)19-8-5-9-20(14-19)25-15-17-6-3-2-4-7-17/h2-14,16H,15H2,1H3,(H,23,24)/t16-/m0/s1. The molecule has 3 rings (SSSR count). The van der Waals surface area contributed by atoms with Crippen molar-refractivity contribution in [2.45, 2.75) is 19.6 Å². The molecule has 0 fully saturated rings. The van der Waals surface area contributed by atoms with Crippen molar-refractivity contribution in [3.05, 3.63) is 95.8 Å². The molecule has 25 heavy (non-hydrogen) atoms. The number of carbonyl (C=O) groups is 1. The maximum Gasteiger partial charge on any atom is 0.251 e. The van der Waals surface area contributed by atoms with Gasteiger partial charge in [0, 0.05) is 18.0 Å². The Kier molecular flexibility index (Phi) is 5.42. The number of nitrogens with one attached hydrogen (secondary N) is 1. The summed E-state index contributed by atoms with van der Waals surface area (Å²) in [7, 11) is 0. The van der Waals surface area contributed by atoms with Crippen molar-refractivity contribution in [3.63, 3.8) is 0 Å². The average molecular weight is 332 g/mol. The smallest absolute Gasteiger partial charge is 0.251 e. The van der Waals surface area contributed by atoms with Crippen LogP contribution in [0.15, 0.2) is 79.1 Å². The second-order valence-electron chi connectivity index (χ2n) is 5.78. The summed E-state index contributed by atoms with van der Waals surface area (Å²) in [6, 6.07) is 20.9. The minimum atomic E-state index is -0.130. The van der Waals surface area contributed by atoms with Crippen molar-refractivity contribution in [2.75, 3.05) is 0 Å². The normalized spacial score (nSPS) is 11.6. The highest BCUT2D eigenvalue weighted by Crippen LogP contribution is 2.17. The van der Waals surface area contributed by atoms with Crippen LogP contribution in [0.3, 0.4) is 0 Å². The monoisotopic (exact) mass is 332 g/mol. The molecule has 4 nitrogen and oxygen atoms in total. The summed E-state index contributed by atoms with van der Waals surface area (Å²) in [6.07, 6.45) is 3.44. The molecule has 4 heteroatoms. The molecule has 0 radical (unpaired) electrons. The largest absolute Gasteiger partial charge is 0.489 e. The van der Waals surface area contributed by atoms with Gasteiger partial charge in [-0.25, -0.2) is 0 Å². The number of amides is 1. The number of benzene rings is 2. The Bertz CT molecular complexity index is 820. The van der Waals surface area contributed by atoms with Crippen molar-refractivity contribution in [1.82, 2.24) is 10.3 Å².